The molecule has 0 N–H and O–H groups in total. The van der Waals surface area contributed by atoms with Gasteiger partial charge in [0.1, 0.15) is 11.4 Å². The summed E-state index contributed by atoms with van der Waals surface area (Å²) >= 11 is 0. The van der Waals surface area contributed by atoms with E-state index in [9.17, 15) is 4.79 Å². The second kappa shape index (κ2) is 7.80. The number of hydrogen-bond donors (Lipinski definition) is 0. The highest BCUT2D eigenvalue weighted by molar-refractivity contribution is 5.95. The number of hydrogen-bond acceptors (Lipinski definition) is 5. The van der Waals surface area contributed by atoms with Gasteiger partial charge in [-0.05, 0) is 31.9 Å². The third-order valence-corrected chi connectivity index (χ3v) is 4.99. The average Bonchev–Trinajstić information content (AvgIpc) is 3.07. The average molecular weight is 377 g/mol. The zero-order valence-corrected chi connectivity index (χ0v) is 16.1. The molecule has 0 saturated carbocycles. The third-order valence-electron chi connectivity index (χ3n) is 4.99. The molecule has 0 spiro atoms. The van der Waals surface area contributed by atoms with E-state index >= 15 is 0 Å². The molecule has 144 valence electrons. The van der Waals surface area contributed by atoms with Crippen LogP contribution < -0.4 is 4.74 Å². The van der Waals surface area contributed by atoms with Crippen molar-refractivity contribution in [1.82, 2.24) is 24.6 Å². The first-order valence-corrected chi connectivity index (χ1v) is 9.45. The van der Waals surface area contributed by atoms with Gasteiger partial charge in [-0.25, -0.2) is 4.98 Å². The Morgan fingerprint density at radius 2 is 1.96 bits per heavy atom. The van der Waals surface area contributed by atoms with Gasteiger partial charge in [-0.1, -0.05) is 18.2 Å². The van der Waals surface area contributed by atoms with Gasteiger partial charge in [-0.2, -0.15) is 5.10 Å². The predicted octanol–water partition coefficient (Wildman–Crippen LogP) is 3.33. The molecular weight excluding hydrogens is 354 g/mol. The van der Waals surface area contributed by atoms with Crippen molar-refractivity contribution < 1.29 is 9.53 Å². The molecular formula is C21H23N5O2. The van der Waals surface area contributed by atoms with Crippen LogP contribution in [0, 0.1) is 6.92 Å². The van der Waals surface area contributed by atoms with E-state index in [1.54, 1.807) is 23.3 Å². The largest absolute Gasteiger partial charge is 0.437 e. The normalized spacial score (nSPS) is 16.8. The molecule has 3 aromatic rings. The number of likely N-dealkylation sites (tertiary alicyclic amines) is 1. The molecule has 3 heterocycles. The van der Waals surface area contributed by atoms with Gasteiger partial charge in [0.15, 0.2) is 0 Å². The number of nitrogens with zero attached hydrogens (tertiary/aromatic N) is 5. The highest BCUT2D eigenvalue weighted by Crippen LogP contribution is 2.33. The van der Waals surface area contributed by atoms with Crippen LogP contribution in [0.2, 0.25) is 0 Å². The summed E-state index contributed by atoms with van der Waals surface area (Å²) in [5, 5.41) is 4.29. The molecule has 1 saturated heterocycles. The van der Waals surface area contributed by atoms with E-state index in [-0.39, 0.29) is 11.8 Å². The molecule has 4 rings (SSSR count). The minimum absolute atomic E-state index is 0.0183. The third kappa shape index (κ3) is 3.74. The summed E-state index contributed by atoms with van der Waals surface area (Å²) in [6.07, 6.45) is 6.95. The van der Waals surface area contributed by atoms with Gasteiger partial charge in [0.05, 0.1) is 11.3 Å². The standard InChI is InChI=1S/C21H23N5O2/c1-15-18(14-25(2)24-15)21(27)26-12-6-7-16(13-26)19-20(23-11-10-22-19)28-17-8-4-3-5-9-17/h3-5,8-11,14,16H,6-7,12-13H2,1-2H3/t16-/m0/s1. The SMILES string of the molecule is Cc1nn(C)cc1C(=O)N1CCC[C@H](c2nccnc2Oc2ccccc2)C1. The molecule has 0 bridgehead atoms. The molecule has 28 heavy (non-hydrogen) atoms. The highest BCUT2D eigenvalue weighted by Gasteiger charge is 2.30. The lowest BCUT2D eigenvalue weighted by molar-refractivity contribution is 0.0704. The summed E-state index contributed by atoms with van der Waals surface area (Å²) in [6.45, 7) is 3.19. The number of rotatable bonds is 4. The predicted molar refractivity (Wildman–Crippen MR) is 104 cm³/mol. The maximum atomic E-state index is 13.0. The van der Waals surface area contributed by atoms with Gasteiger partial charge >= 0.3 is 0 Å². The van der Waals surface area contributed by atoms with Crippen LogP contribution in [0.3, 0.4) is 0 Å². The molecule has 7 heteroatoms. The molecule has 1 aliphatic heterocycles. The number of benzene rings is 1. The van der Waals surface area contributed by atoms with Crippen LogP contribution in [0.4, 0.5) is 0 Å². The lowest BCUT2D eigenvalue weighted by atomic mass is 9.94. The molecule has 2 aromatic heterocycles. The van der Waals surface area contributed by atoms with Crippen molar-refractivity contribution in [2.45, 2.75) is 25.7 Å². The van der Waals surface area contributed by atoms with Crippen LogP contribution in [0.25, 0.3) is 0 Å². The van der Waals surface area contributed by atoms with E-state index in [1.165, 1.54) is 0 Å². The second-order valence-electron chi connectivity index (χ2n) is 7.05. The fourth-order valence-electron chi connectivity index (χ4n) is 3.66. The summed E-state index contributed by atoms with van der Waals surface area (Å²) in [5.41, 5.74) is 2.21. The van der Waals surface area contributed by atoms with E-state index in [1.807, 2.05) is 49.2 Å². The number of amides is 1. The van der Waals surface area contributed by atoms with Crippen molar-refractivity contribution in [3.8, 4) is 11.6 Å². The highest BCUT2D eigenvalue weighted by atomic mass is 16.5. The Morgan fingerprint density at radius 1 is 1.18 bits per heavy atom. The zero-order valence-electron chi connectivity index (χ0n) is 16.1. The van der Waals surface area contributed by atoms with E-state index in [4.69, 9.17) is 4.74 Å². The van der Waals surface area contributed by atoms with Gasteiger partial charge in [-0.15, -0.1) is 0 Å². The Labute approximate surface area is 164 Å². The first-order chi connectivity index (χ1) is 13.6. The number of ether oxygens (including phenoxy) is 1. The first kappa shape index (κ1) is 18.2. The number of carbonyl (C=O) groups is 1. The molecule has 0 radical (unpaired) electrons. The Morgan fingerprint density at radius 3 is 2.71 bits per heavy atom. The monoisotopic (exact) mass is 377 g/mol. The van der Waals surface area contributed by atoms with Crippen LogP contribution in [0.5, 0.6) is 11.6 Å². The van der Waals surface area contributed by atoms with Crippen LogP contribution >= 0.6 is 0 Å². The molecule has 1 atom stereocenters. The number of para-hydroxylation sites is 1. The van der Waals surface area contributed by atoms with Crippen molar-refractivity contribution >= 4 is 5.91 Å². The quantitative estimate of drug-likeness (QED) is 0.697. The summed E-state index contributed by atoms with van der Waals surface area (Å²) in [5.74, 6) is 1.33. The molecule has 0 unspecified atom stereocenters. The molecule has 0 aliphatic carbocycles. The van der Waals surface area contributed by atoms with Gasteiger partial charge in [0.25, 0.3) is 5.91 Å². The fourth-order valence-corrected chi connectivity index (χ4v) is 3.66. The maximum Gasteiger partial charge on any atom is 0.257 e. The minimum atomic E-state index is 0.0183. The van der Waals surface area contributed by atoms with Crippen molar-refractivity contribution in [2.75, 3.05) is 13.1 Å². The summed E-state index contributed by atoms with van der Waals surface area (Å²) in [4.78, 5) is 23.8. The lowest BCUT2D eigenvalue weighted by Gasteiger charge is -2.32. The van der Waals surface area contributed by atoms with Crippen LogP contribution in [0.1, 0.15) is 40.5 Å². The van der Waals surface area contributed by atoms with Gasteiger partial charge in [0, 0.05) is 44.6 Å². The van der Waals surface area contributed by atoms with Crippen LogP contribution in [0.15, 0.2) is 48.9 Å². The van der Waals surface area contributed by atoms with Gasteiger partial charge in [0.2, 0.25) is 5.88 Å². The van der Waals surface area contributed by atoms with Crippen LogP contribution in [-0.4, -0.2) is 43.6 Å². The van der Waals surface area contributed by atoms with E-state index in [2.05, 4.69) is 15.1 Å². The molecule has 1 aliphatic rings. The second-order valence-corrected chi connectivity index (χ2v) is 7.05. The Hall–Kier alpha value is -3.22. The molecule has 1 amide bonds. The Kier molecular flexibility index (Phi) is 5.06. The van der Waals surface area contributed by atoms with Gasteiger partial charge < -0.3 is 9.64 Å². The zero-order chi connectivity index (χ0) is 19.5. The Balaban J connectivity index is 1.55. The lowest BCUT2D eigenvalue weighted by Crippen LogP contribution is -2.39. The Bertz CT molecular complexity index is 970. The van der Waals surface area contributed by atoms with Gasteiger partial charge in [-0.3, -0.25) is 14.5 Å². The number of carbonyl (C=O) groups excluding carboxylic acids is 1. The maximum absolute atomic E-state index is 13.0. The molecule has 1 aromatic carbocycles. The van der Waals surface area contributed by atoms with E-state index in [0.29, 0.717) is 18.0 Å². The number of aromatic nitrogens is 4. The van der Waals surface area contributed by atoms with Crippen LogP contribution in [-0.2, 0) is 7.05 Å². The summed E-state index contributed by atoms with van der Waals surface area (Å²) in [7, 11) is 1.83. The van der Waals surface area contributed by atoms with Crippen molar-refractivity contribution in [2.24, 2.45) is 7.05 Å². The smallest absolute Gasteiger partial charge is 0.257 e. The van der Waals surface area contributed by atoms with Crippen molar-refractivity contribution in [3.63, 3.8) is 0 Å². The van der Waals surface area contributed by atoms with Crippen molar-refractivity contribution in [3.05, 3.63) is 65.9 Å². The molecule has 7 nitrogen and oxygen atoms in total. The van der Waals surface area contributed by atoms with E-state index in [0.717, 1.165) is 36.5 Å². The summed E-state index contributed by atoms with van der Waals surface area (Å²) in [6, 6.07) is 9.56. The van der Waals surface area contributed by atoms with Crippen molar-refractivity contribution in [1.29, 1.82) is 0 Å². The van der Waals surface area contributed by atoms with E-state index < -0.39 is 0 Å². The number of piperidine rings is 1. The minimum Gasteiger partial charge on any atom is -0.437 e. The number of aryl methyl sites for hydroxylation is 2. The first-order valence-electron chi connectivity index (χ1n) is 9.45. The topological polar surface area (TPSA) is 73.1 Å². The fraction of sp³-hybridized carbons (Fsp3) is 0.333. The molecule has 1 fully saturated rings. The summed E-state index contributed by atoms with van der Waals surface area (Å²) < 4.78 is 7.65.